The van der Waals surface area contributed by atoms with Gasteiger partial charge in [-0.3, -0.25) is 9.78 Å². The van der Waals surface area contributed by atoms with Gasteiger partial charge in [-0.1, -0.05) is 13.8 Å². The number of likely N-dealkylation sites (tertiary alicyclic amines) is 1. The van der Waals surface area contributed by atoms with Crippen molar-refractivity contribution in [2.75, 3.05) is 6.54 Å². The number of aromatic amines is 2. The highest BCUT2D eigenvalue weighted by Gasteiger charge is 2.32. The maximum atomic E-state index is 13.0. The number of H-pyrrole nitrogens is 2. The highest BCUT2D eigenvalue weighted by atomic mass is 32.1. The van der Waals surface area contributed by atoms with Crippen LogP contribution < -0.4 is 5.69 Å². The third-order valence-corrected chi connectivity index (χ3v) is 5.55. The number of aryl methyl sites for hydroxylation is 1. The Morgan fingerprint density at radius 1 is 1.39 bits per heavy atom. The quantitative estimate of drug-likeness (QED) is 0.900. The summed E-state index contributed by atoms with van der Waals surface area (Å²) in [5.41, 5.74) is 0.442. The topological polar surface area (TPSA) is 94.7 Å². The van der Waals surface area contributed by atoms with E-state index < -0.39 is 0 Å². The SMILES string of the molecule is Cc1nc(C(C)C)sc1C(=O)N1CCCCC1c1n[nH]c(=O)[nH]1. The van der Waals surface area contributed by atoms with E-state index in [9.17, 15) is 9.59 Å². The fourth-order valence-electron chi connectivity index (χ4n) is 2.89. The molecule has 1 aliphatic heterocycles. The number of carbonyl (C=O) groups excluding carboxylic acids is 1. The highest BCUT2D eigenvalue weighted by Crippen LogP contribution is 2.32. The second-order valence-electron chi connectivity index (χ2n) is 6.19. The standard InChI is InChI=1S/C15H21N5O2S/c1-8(2)13-16-9(3)11(23-13)14(21)20-7-5-4-6-10(20)12-17-15(22)19-18-12/h8,10H,4-7H2,1-3H3,(H2,17,18,19,22). The summed E-state index contributed by atoms with van der Waals surface area (Å²) in [5.74, 6) is 0.829. The van der Waals surface area contributed by atoms with Crippen LogP contribution in [-0.4, -0.2) is 37.5 Å². The maximum absolute atomic E-state index is 13.0. The number of hydrogen-bond acceptors (Lipinski definition) is 5. The van der Waals surface area contributed by atoms with E-state index in [0.717, 1.165) is 30.0 Å². The first-order valence-electron chi connectivity index (χ1n) is 7.90. The van der Waals surface area contributed by atoms with Gasteiger partial charge in [0.05, 0.1) is 16.7 Å². The Morgan fingerprint density at radius 3 is 2.78 bits per heavy atom. The molecule has 2 aromatic rings. The van der Waals surface area contributed by atoms with Crippen LogP contribution in [0.25, 0.3) is 0 Å². The third-order valence-electron chi connectivity index (χ3n) is 4.10. The van der Waals surface area contributed by atoms with Gasteiger partial charge in [-0.15, -0.1) is 11.3 Å². The molecule has 0 bridgehead atoms. The van der Waals surface area contributed by atoms with Crippen molar-refractivity contribution in [2.24, 2.45) is 0 Å². The minimum atomic E-state index is -0.339. The van der Waals surface area contributed by atoms with E-state index in [1.54, 1.807) is 0 Å². The summed E-state index contributed by atoms with van der Waals surface area (Å²) >= 11 is 1.47. The number of aromatic nitrogens is 4. The molecule has 3 rings (SSSR count). The summed E-state index contributed by atoms with van der Waals surface area (Å²) in [7, 11) is 0. The summed E-state index contributed by atoms with van der Waals surface area (Å²) in [4.78, 5) is 34.1. The van der Waals surface area contributed by atoms with Crippen LogP contribution in [0.4, 0.5) is 0 Å². The first kappa shape index (κ1) is 15.9. The average molecular weight is 335 g/mol. The molecule has 0 saturated carbocycles. The number of thiazole rings is 1. The fourth-order valence-corrected chi connectivity index (χ4v) is 3.92. The molecule has 0 spiro atoms. The van der Waals surface area contributed by atoms with Crippen LogP contribution in [-0.2, 0) is 0 Å². The van der Waals surface area contributed by atoms with Gasteiger partial charge in [0.2, 0.25) is 0 Å². The van der Waals surface area contributed by atoms with Crippen molar-refractivity contribution in [1.29, 1.82) is 0 Å². The lowest BCUT2D eigenvalue weighted by atomic mass is 10.0. The summed E-state index contributed by atoms with van der Waals surface area (Å²) in [6, 6.07) is -0.181. The predicted molar refractivity (Wildman–Crippen MR) is 87.8 cm³/mol. The fraction of sp³-hybridized carbons (Fsp3) is 0.600. The van der Waals surface area contributed by atoms with Gasteiger partial charge in [0.25, 0.3) is 5.91 Å². The van der Waals surface area contributed by atoms with Crippen molar-refractivity contribution in [1.82, 2.24) is 25.1 Å². The molecule has 1 atom stereocenters. The zero-order valence-corrected chi connectivity index (χ0v) is 14.4. The van der Waals surface area contributed by atoms with E-state index >= 15 is 0 Å². The van der Waals surface area contributed by atoms with E-state index in [1.165, 1.54) is 11.3 Å². The molecule has 0 aliphatic carbocycles. The molecule has 2 N–H and O–H groups in total. The van der Waals surface area contributed by atoms with Gasteiger partial charge >= 0.3 is 5.69 Å². The van der Waals surface area contributed by atoms with Crippen LogP contribution in [0.2, 0.25) is 0 Å². The Morgan fingerprint density at radius 2 is 2.17 bits per heavy atom. The van der Waals surface area contributed by atoms with Crippen molar-refractivity contribution < 1.29 is 4.79 Å². The molecule has 2 aromatic heterocycles. The lowest BCUT2D eigenvalue weighted by molar-refractivity contribution is 0.0604. The van der Waals surface area contributed by atoms with Crippen LogP contribution in [0.15, 0.2) is 4.79 Å². The van der Waals surface area contributed by atoms with Crippen LogP contribution >= 0.6 is 11.3 Å². The van der Waals surface area contributed by atoms with Crippen molar-refractivity contribution in [3.63, 3.8) is 0 Å². The van der Waals surface area contributed by atoms with Crippen molar-refractivity contribution in [3.05, 3.63) is 31.9 Å². The van der Waals surface area contributed by atoms with E-state index in [1.807, 2.05) is 11.8 Å². The normalized spacial score (nSPS) is 18.6. The summed E-state index contributed by atoms with van der Waals surface area (Å²) in [5, 5.41) is 7.39. The van der Waals surface area contributed by atoms with Crippen molar-refractivity contribution in [2.45, 2.75) is 52.0 Å². The van der Waals surface area contributed by atoms with E-state index in [-0.39, 0.29) is 17.6 Å². The first-order chi connectivity index (χ1) is 11.0. The lowest BCUT2D eigenvalue weighted by Gasteiger charge is -2.34. The summed E-state index contributed by atoms with van der Waals surface area (Å²) < 4.78 is 0. The number of rotatable bonds is 3. The maximum Gasteiger partial charge on any atom is 0.340 e. The molecule has 0 radical (unpaired) electrons. The largest absolute Gasteiger partial charge is 0.340 e. The Balaban J connectivity index is 1.91. The molecule has 124 valence electrons. The molecule has 1 aliphatic rings. The predicted octanol–water partition coefficient (Wildman–Crippen LogP) is 2.35. The molecule has 7 nitrogen and oxygen atoms in total. The number of hydrogen-bond donors (Lipinski definition) is 2. The van der Waals surface area contributed by atoms with Gasteiger partial charge in [0.15, 0.2) is 5.82 Å². The summed E-state index contributed by atoms with van der Waals surface area (Å²) in [6.45, 7) is 6.70. The highest BCUT2D eigenvalue weighted by molar-refractivity contribution is 7.13. The van der Waals surface area contributed by atoms with Gasteiger partial charge < -0.3 is 4.90 Å². The molecule has 1 fully saturated rings. The monoisotopic (exact) mass is 335 g/mol. The Labute approximate surface area is 138 Å². The summed E-state index contributed by atoms with van der Waals surface area (Å²) in [6.07, 6.45) is 2.79. The van der Waals surface area contributed by atoms with Crippen LogP contribution in [0, 0.1) is 6.92 Å². The Hall–Kier alpha value is -1.96. The van der Waals surface area contributed by atoms with Gasteiger partial charge in [-0.2, -0.15) is 5.10 Å². The number of nitrogens with zero attached hydrogens (tertiary/aromatic N) is 3. The molecular formula is C15H21N5O2S. The van der Waals surface area contributed by atoms with Crippen LogP contribution in [0.5, 0.6) is 0 Å². The van der Waals surface area contributed by atoms with Gasteiger partial charge in [-0.25, -0.2) is 14.9 Å². The van der Waals surface area contributed by atoms with Gasteiger partial charge in [0, 0.05) is 12.5 Å². The van der Waals surface area contributed by atoms with E-state index in [4.69, 9.17) is 0 Å². The number of nitrogens with one attached hydrogen (secondary N) is 2. The molecule has 23 heavy (non-hydrogen) atoms. The second-order valence-corrected chi connectivity index (χ2v) is 7.23. The minimum Gasteiger partial charge on any atom is -0.328 e. The molecule has 8 heteroatoms. The second kappa shape index (κ2) is 6.27. The minimum absolute atomic E-state index is 0.0135. The number of carbonyl (C=O) groups is 1. The van der Waals surface area contributed by atoms with Gasteiger partial charge in [-0.05, 0) is 26.2 Å². The van der Waals surface area contributed by atoms with Crippen molar-refractivity contribution in [3.8, 4) is 0 Å². The number of piperidine rings is 1. The van der Waals surface area contributed by atoms with E-state index in [0.29, 0.717) is 23.2 Å². The van der Waals surface area contributed by atoms with Crippen LogP contribution in [0.3, 0.4) is 0 Å². The molecular weight excluding hydrogens is 314 g/mol. The first-order valence-corrected chi connectivity index (χ1v) is 8.72. The molecule has 1 unspecified atom stereocenters. The van der Waals surface area contributed by atoms with E-state index in [2.05, 4.69) is 34.0 Å². The molecule has 1 amide bonds. The molecule has 1 saturated heterocycles. The zero-order chi connectivity index (χ0) is 16.6. The molecule has 0 aromatic carbocycles. The lowest BCUT2D eigenvalue weighted by Crippen LogP contribution is -2.39. The zero-order valence-electron chi connectivity index (χ0n) is 13.5. The Bertz CT molecular complexity index is 760. The molecule has 3 heterocycles. The Kier molecular flexibility index (Phi) is 4.34. The smallest absolute Gasteiger partial charge is 0.328 e. The third kappa shape index (κ3) is 3.08. The number of amides is 1. The van der Waals surface area contributed by atoms with Gasteiger partial charge in [0.1, 0.15) is 4.88 Å². The average Bonchev–Trinajstić information content (AvgIpc) is 3.13. The van der Waals surface area contributed by atoms with Crippen molar-refractivity contribution >= 4 is 17.2 Å². The van der Waals surface area contributed by atoms with Crippen LogP contribution in [0.1, 0.15) is 71.3 Å².